The highest BCUT2D eigenvalue weighted by Gasteiger charge is 2.08. The molecule has 1 aromatic rings. The zero-order valence-corrected chi connectivity index (χ0v) is 10.5. The Hall–Kier alpha value is -0.570. The number of nitrogens with zero attached hydrogens (tertiary/aromatic N) is 1. The molecule has 0 aliphatic rings. The summed E-state index contributed by atoms with van der Waals surface area (Å²) in [7, 11) is 0. The van der Waals surface area contributed by atoms with Crippen LogP contribution in [0.2, 0.25) is 0 Å². The Balaban J connectivity index is 2.51. The third-order valence-corrected chi connectivity index (χ3v) is 3.23. The van der Waals surface area contributed by atoms with E-state index >= 15 is 0 Å². The summed E-state index contributed by atoms with van der Waals surface area (Å²) in [4.78, 5) is 5.77. The van der Waals surface area contributed by atoms with Crippen molar-refractivity contribution in [2.75, 3.05) is 5.32 Å². The monoisotopic (exact) mass is 212 g/mol. The molecule has 1 N–H and O–H groups in total. The van der Waals surface area contributed by atoms with Crippen molar-refractivity contribution in [3.63, 3.8) is 0 Å². The van der Waals surface area contributed by atoms with E-state index in [1.54, 1.807) is 11.3 Å². The predicted octanol–water partition coefficient (Wildman–Crippen LogP) is 3.61. The number of hydrogen-bond donors (Lipinski definition) is 1. The Morgan fingerprint density at radius 3 is 2.36 bits per heavy atom. The molecular formula is C11H20N2S. The quantitative estimate of drug-likeness (QED) is 0.824. The van der Waals surface area contributed by atoms with Crippen LogP contribution in [-0.2, 0) is 0 Å². The van der Waals surface area contributed by atoms with Gasteiger partial charge in [0.25, 0.3) is 0 Å². The lowest BCUT2D eigenvalue weighted by molar-refractivity contribution is 0.539. The van der Waals surface area contributed by atoms with Gasteiger partial charge in [0.05, 0.1) is 5.69 Å². The number of hydrogen-bond acceptors (Lipinski definition) is 3. The van der Waals surface area contributed by atoms with E-state index in [0.717, 1.165) is 16.7 Å². The van der Waals surface area contributed by atoms with Crippen molar-refractivity contribution in [1.29, 1.82) is 0 Å². The van der Waals surface area contributed by atoms with Gasteiger partial charge in [0.1, 0.15) is 0 Å². The van der Waals surface area contributed by atoms with Crippen LogP contribution in [0.5, 0.6) is 0 Å². The molecule has 0 fully saturated rings. The highest BCUT2D eigenvalue weighted by atomic mass is 32.1. The second kappa shape index (κ2) is 4.78. The van der Waals surface area contributed by atoms with Gasteiger partial charge in [-0.25, -0.2) is 4.98 Å². The normalized spacial score (nSPS) is 13.3. The Morgan fingerprint density at radius 2 is 1.93 bits per heavy atom. The second-order valence-corrected chi connectivity index (χ2v) is 5.54. The molecule has 2 nitrogen and oxygen atoms in total. The van der Waals surface area contributed by atoms with Gasteiger partial charge in [-0.05, 0) is 33.1 Å². The molecule has 0 radical (unpaired) electrons. The number of aryl methyl sites for hydroxylation is 2. The topological polar surface area (TPSA) is 24.9 Å². The van der Waals surface area contributed by atoms with Crippen LogP contribution >= 0.6 is 11.3 Å². The summed E-state index contributed by atoms with van der Waals surface area (Å²) in [5.41, 5.74) is 1.15. The van der Waals surface area contributed by atoms with E-state index in [2.05, 4.69) is 44.9 Å². The maximum absolute atomic E-state index is 4.46. The van der Waals surface area contributed by atoms with E-state index in [1.165, 1.54) is 11.3 Å². The Labute approximate surface area is 90.8 Å². The van der Waals surface area contributed by atoms with Crippen LogP contribution in [0.15, 0.2) is 0 Å². The first-order chi connectivity index (χ1) is 6.49. The maximum atomic E-state index is 4.46. The molecule has 0 saturated carbocycles. The van der Waals surface area contributed by atoms with Gasteiger partial charge >= 0.3 is 0 Å². The molecule has 3 heteroatoms. The lowest BCUT2D eigenvalue weighted by atomic mass is 10.1. The average molecular weight is 212 g/mol. The standard InChI is InChI=1S/C11H20N2S/c1-7(2)6-8(3)12-11-13-9(4)10(5)14-11/h7-8H,6H2,1-5H3,(H,12,13). The molecule has 0 aromatic carbocycles. The smallest absolute Gasteiger partial charge is 0.183 e. The number of thiazole rings is 1. The van der Waals surface area contributed by atoms with Crippen LogP contribution in [0, 0.1) is 19.8 Å². The number of rotatable bonds is 4. The van der Waals surface area contributed by atoms with E-state index < -0.39 is 0 Å². The Morgan fingerprint density at radius 1 is 1.29 bits per heavy atom. The molecule has 1 heterocycles. The lowest BCUT2D eigenvalue weighted by Crippen LogP contribution is -2.17. The van der Waals surface area contributed by atoms with E-state index in [-0.39, 0.29) is 0 Å². The molecular weight excluding hydrogens is 192 g/mol. The lowest BCUT2D eigenvalue weighted by Gasteiger charge is -2.14. The molecule has 1 atom stereocenters. The number of aromatic nitrogens is 1. The van der Waals surface area contributed by atoms with Crippen LogP contribution in [0.1, 0.15) is 37.8 Å². The summed E-state index contributed by atoms with van der Waals surface area (Å²) in [5.74, 6) is 0.736. The van der Waals surface area contributed by atoms with Crippen molar-refractivity contribution in [3.8, 4) is 0 Å². The van der Waals surface area contributed by atoms with E-state index in [1.807, 2.05) is 0 Å². The maximum Gasteiger partial charge on any atom is 0.183 e. The molecule has 80 valence electrons. The molecule has 0 saturated heterocycles. The fraction of sp³-hybridized carbons (Fsp3) is 0.727. The summed E-state index contributed by atoms with van der Waals surface area (Å²) in [6.07, 6.45) is 1.19. The van der Waals surface area contributed by atoms with Crippen molar-refractivity contribution < 1.29 is 0 Å². The Kier molecular flexibility index (Phi) is 3.93. The number of nitrogens with one attached hydrogen (secondary N) is 1. The molecule has 0 aliphatic heterocycles. The third-order valence-electron chi connectivity index (χ3n) is 2.22. The summed E-state index contributed by atoms with van der Waals surface area (Å²) >= 11 is 1.75. The van der Waals surface area contributed by atoms with E-state index in [4.69, 9.17) is 0 Å². The fourth-order valence-corrected chi connectivity index (χ4v) is 2.44. The third kappa shape index (κ3) is 3.29. The predicted molar refractivity (Wildman–Crippen MR) is 64.1 cm³/mol. The van der Waals surface area contributed by atoms with Crippen LogP contribution < -0.4 is 5.32 Å². The largest absolute Gasteiger partial charge is 0.359 e. The average Bonchev–Trinajstić information content (AvgIpc) is 2.28. The molecule has 0 spiro atoms. The van der Waals surface area contributed by atoms with Gasteiger partial charge in [-0.15, -0.1) is 11.3 Å². The minimum absolute atomic E-state index is 0.514. The zero-order chi connectivity index (χ0) is 10.7. The van der Waals surface area contributed by atoms with Crippen molar-refractivity contribution in [3.05, 3.63) is 10.6 Å². The first kappa shape index (κ1) is 11.5. The second-order valence-electron chi connectivity index (χ2n) is 4.34. The van der Waals surface area contributed by atoms with Crippen molar-refractivity contribution in [1.82, 2.24) is 4.98 Å². The van der Waals surface area contributed by atoms with Gasteiger partial charge in [-0.2, -0.15) is 0 Å². The molecule has 14 heavy (non-hydrogen) atoms. The van der Waals surface area contributed by atoms with Gasteiger partial charge in [-0.3, -0.25) is 0 Å². The first-order valence-electron chi connectivity index (χ1n) is 5.19. The van der Waals surface area contributed by atoms with Crippen LogP contribution in [0.3, 0.4) is 0 Å². The first-order valence-corrected chi connectivity index (χ1v) is 6.01. The van der Waals surface area contributed by atoms with Crippen LogP contribution in [0.4, 0.5) is 5.13 Å². The molecule has 0 amide bonds. The zero-order valence-electron chi connectivity index (χ0n) is 9.72. The van der Waals surface area contributed by atoms with Gasteiger partial charge in [-0.1, -0.05) is 13.8 Å². The van der Waals surface area contributed by atoms with E-state index in [9.17, 15) is 0 Å². The minimum atomic E-state index is 0.514. The fourth-order valence-electron chi connectivity index (χ4n) is 1.51. The highest BCUT2D eigenvalue weighted by molar-refractivity contribution is 7.15. The minimum Gasteiger partial charge on any atom is -0.359 e. The highest BCUT2D eigenvalue weighted by Crippen LogP contribution is 2.22. The SMILES string of the molecule is Cc1nc(NC(C)CC(C)C)sc1C. The molecule has 1 rings (SSSR count). The van der Waals surface area contributed by atoms with Gasteiger partial charge in [0, 0.05) is 10.9 Å². The molecule has 1 unspecified atom stereocenters. The van der Waals surface area contributed by atoms with Crippen LogP contribution in [0.25, 0.3) is 0 Å². The molecule has 0 aliphatic carbocycles. The van der Waals surface area contributed by atoms with Gasteiger partial charge < -0.3 is 5.32 Å². The summed E-state index contributed by atoms with van der Waals surface area (Å²) in [6, 6.07) is 0.514. The molecule has 1 aromatic heterocycles. The molecule has 0 bridgehead atoms. The van der Waals surface area contributed by atoms with Crippen molar-refractivity contribution in [2.24, 2.45) is 5.92 Å². The van der Waals surface area contributed by atoms with Crippen LogP contribution in [-0.4, -0.2) is 11.0 Å². The van der Waals surface area contributed by atoms with Crippen molar-refractivity contribution in [2.45, 2.75) is 47.1 Å². The summed E-state index contributed by atoms with van der Waals surface area (Å²) < 4.78 is 0. The summed E-state index contributed by atoms with van der Waals surface area (Å²) in [5, 5.41) is 4.51. The summed E-state index contributed by atoms with van der Waals surface area (Å²) in [6.45, 7) is 10.9. The Bertz CT molecular complexity index is 272. The van der Waals surface area contributed by atoms with Gasteiger partial charge in [0.15, 0.2) is 5.13 Å². The van der Waals surface area contributed by atoms with Crippen molar-refractivity contribution >= 4 is 16.5 Å². The van der Waals surface area contributed by atoms with E-state index in [0.29, 0.717) is 6.04 Å². The van der Waals surface area contributed by atoms with Gasteiger partial charge in [0.2, 0.25) is 0 Å². The number of anilines is 1.